The van der Waals surface area contributed by atoms with Gasteiger partial charge in [-0.3, -0.25) is 0 Å². The molecule has 0 N–H and O–H groups in total. The molecule has 112 valence electrons. The van der Waals surface area contributed by atoms with Crippen LogP contribution in [-0.4, -0.2) is 32.2 Å². The number of hydrogen-bond acceptors (Lipinski definition) is 3. The Kier molecular flexibility index (Phi) is 5.19. The van der Waals surface area contributed by atoms with Crippen LogP contribution in [-0.2, 0) is 14.2 Å². The van der Waals surface area contributed by atoms with Crippen molar-refractivity contribution in [2.45, 2.75) is 45.5 Å². The molecule has 0 aromatic carbocycles. The van der Waals surface area contributed by atoms with Crippen molar-refractivity contribution in [2.75, 3.05) is 20.3 Å². The van der Waals surface area contributed by atoms with Gasteiger partial charge in [-0.25, -0.2) is 0 Å². The van der Waals surface area contributed by atoms with E-state index in [2.05, 4.69) is 39.0 Å². The van der Waals surface area contributed by atoms with Crippen LogP contribution in [0.3, 0.4) is 0 Å². The molecular formula is C17H26O3. The first-order chi connectivity index (χ1) is 9.57. The molecule has 0 aromatic heterocycles. The maximum Gasteiger partial charge on any atom is 0.197 e. The maximum absolute atomic E-state index is 5.84. The molecule has 1 heterocycles. The number of allylic oxidation sites excluding steroid dienone is 3. The minimum atomic E-state index is -0.599. The molecule has 3 nitrogen and oxygen atoms in total. The third-order valence-electron chi connectivity index (χ3n) is 3.90. The van der Waals surface area contributed by atoms with Crippen LogP contribution >= 0.6 is 0 Å². The first kappa shape index (κ1) is 15.5. The van der Waals surface area contributed by atoms with E-state index in [9.17, 15) is 0 Å². The van der Waals surface area contributed by atoms with Crippen molar-refractivity contribution in [3.05, 3.63) is 35.5 Å². The van der Waals surface area contributed by atoms with E-state index in [1.807, 2.05) is 6.08 Å². The first-order valence-electron chi connectivity index (χ1n) is 7.38. The Balaban J connectivity index is 2.05. The summed E-state index contributed by atoms with van der Waals surface area (Å²) in [5.74, 6) is -0.486. The molecule has 2 rings (SSSR count). The Hall–Kier alpha value is -0.900. The molecule has 1 fully saturated rings. The Morgan fingerprint density at radius 2 is 2.00 bits per heavy atom. The molecule has 0 amide bonds. The van der Waals surface area contributed by atoms with Crippen molar-refractivity contribution >= 4 is 0 Å². The van der Waals surface area contributed by atoms with E-state index in [-0.39, 0.29) is 12.0 Å². The lowest BCUT2D eigenvalue weighted by Crippen LogP contribution is -2.38. The smallest absolute Gasteiger partial charge is 0.197 e. The summed E-state index contributed by atoms with van der Waals surface area (Å²) in [6.07, 6.45) is 10.8. The molecule has 3 heteroatoms. The van der Waals surface area contributed by atoms with Crippen molar-refractivity contribution in [1.82, 2.24) is 0 Å². The van der Waals surface area contributed by atoms with Crippen LogP contribution in [0.1, 0.15) is 33.6 Å². The van der Waals surface area contributed by atoms with Gasteiger partial charge in [-0.2, -0.15) is 0 Å². The van der Waals surface area contributed by atoms with Crippen molar-refractivity contribution in [3.8, 4) is 0 Å². The van der Waals surface area contributed by atoms with E-state index >= 15 is 0 Å². The summed E-state index contributed by atoms with van der Waals surface area (Å²) in [5, 5.41) is 0. The van der Waals surface area contributed by atoms with Gasteiger partial charge in [0, 0.05) is 7.11 Å². The van der Waals surface area contributed by atoms with Crippen molar-refractivity contribution in [1.29, 1.82) is 0 Å². The van der Waals surface area contributed by atoms with Crippen molar-refractivity contribution < 1.29 is 14.2 Å². The van der Waals surface area contributed by atoms with Crippen LogP contribution in [0.4, 0.5) is 0 Å². The fraction of sp³-hybridized carbons (Fsp3) is 0.647. The molecule has 1 aliphatic heterocycles. The minimum absolute atomic E-state index is 0.0338. The lowest BCUT2D eigenvalue weighted by Gasteiger charge is -2.29. The predicted molar refractivity (Wildman–Crippen MR) is 80.5 cm³/mol. The normalized spacial score (nSPS) is 28.3. The van der Waals surface area contributed by atoms with Crippen LogP contribution in [0.5, 0.6) is 0 Å². The molecule has 0 aromatic rings. The Morgan fingerprint density at radius 3 is 2.60 bits per heavy atom. The van der Waals surface area contributed by atoms with Crippen molar-refractivity contribution in [2.24, 2.45) is 5.92 Å². The second kappa shape index (κ2) is 6.70. The van der Waals surface area contributed by atoms with Crippen LogP contribution in [0.25, 0.3) is 0 Å². The molecular weight excluding hydrogens is 252 g/mol. The molecule has 0 unspecified atom stereocenters. The topological polar surface area (TPSA) is 27.7 Å². The predicted octanol–water partition coefficient (Wildman–Crippen LogP) is 3.62. The van der Waals surface area contributed by atoms with Gasteiger partial charge in [-0.1, -0.05) is 29.4 Å². The number of hydrogen-bond donors (Lipinski definition) is 0. The van der Waals surface area contributed by atoms with Crippen molar-refractivity contribution in [3.63, 3.8) is 0 Å². The van der Waals surface area contributed by atoms with E-state index in [0.29, 0.717) is 13.2 Å². The van der Waals surface area contributed by atoms with Crippen LogP contribution in [0, 0.1) is 5.92 Å². The zero-order chi connectivity index (χ0) is 14.6. The zero-order valence-electron chi connectivity index (χ0n) is 13.0. The zero-order valence-corrected chi connectivity index (χ0v) is 13.0. The van der Waals surface area contributed by atoms with Gasteiger partial charge < -0.3 is 14.2 Å². The number of ether oxygens (including phenoxy) is 3. The maximum atomic E-state index is 5.84. The molecule has 0 bridgehead atoms. The SMILES string of the molecule is CO[C@@H]1C=CC2(OCCO2)[C@@H]1/C=C(/C)CCC=C(C)C. The van der Waals surface area contributed by atoms with Gasteiger partial charge in [0.1, 0.15) is 0 Å². The summed E-state index contributed by atoms with van der Waals surface area (Å²) in [6.45, 7) is 7.75. The largest absolute Gasteiger partial charge is 0.377 e. The summed E-state index contributed by atoms with van der Waals surface area (Å²) in [5.41, 5.74) is 2.73. The minimum Gasteiger partial charge on any atom is -0.377 e. The second-order valence-corrected chi connectivity index (χ2v) is 5.84. The molecule has 20 heavy (non-hydrogen) atoms. The van der Waals surface area contributed by atoms with Gasteiger partial charge in [0.25, 0.3) is 0 Å². The van der Waals surface area contributed by atoms with Gasteiger partial charge in [-0.15, -0.1) is 0 Å². The highest BCUT2D eigenvalue weighted by Crippen LogP contribution is 2.40. The number of methoxy groups -OCH3 is 1. The first-order valence-corrected chi connectivity index (χ1v) is 7.38. The molecule has 2 atom stereocenters. The number of rotatable bonds is 5. The quantitative estimate of drug-likeness (QED) is 0.719. The van der Waals surface area contributed by atoms with Gasteiger partial charge in [0.2, 0.25) is 0 Å². The van der Waals surface area contributed by atoms with Gasteiger partial charge in [0.15, 0.2) is 5.79 Å². The Bertz CT molecular complexity index is 410. The third kappa shape index (κ3) is 3.40. The highest BCUT2D eigenvalue weighted by molar-refractivity contribution is 5.23. The molecule has 0 saturated carbocycles. The third-order valence-corrected chi connectivity index (χ3v) is 3.90. The molecule has 0 radical (unpaired) electrons. The standard InChI is InChI=1S/C17H26O3/c1-13(2)6-5-7-14(3)12-15-16(18-4)8-9-17(15)19-10-11-20-17/h6,8-9,12,15-16H,5,7,10-11H2,1-4H3/b14-12-/t15-,16-/m1/s1. The fourth-order valence-electron chi connectivity index (χ4n) is 2.84. The second-order valence-electron chi connectivity index (χ2n) is 5.84. The summed E-state index contributed by atoms with van der Waals surface area (Å²) >= 11 is 0. The van der Waals surface area contributed by atoms with Crippen LogP contribution in [0.2, 0.25) is 0 Å². The van der Waals surface area contributed by atoms with Crippen LogP contribution in [0.15, 0.2) is 35.5 Å². The lowest BCUT2D eigenvalue weighted by molar-refractivity contribution is -0.154. The summed E-state index contributed by atoms with van der Waals surface area (Å²) in [6, 6.07) is 0. The van der Waals surface area contributed by atoms with Gasteiger partial charge in [0.05, 0.1) is 25.2 Å². The molecule has 1 saturated heterocycles. The Morgan fingerprint density at radius 1 is 1.30 bits per heavy atom. The molecule has 1 aliphatic carbocycles. The highest BCUT2D eigenvalue weighted by Gasteiger charge is 2.48. The van der Waals surface area contributed by atoms with E-state index in [1.54, 1.807) is 7.11 Å². The average molecular weight is 278 g/mol. The Labute approximate surface area is 122 Å². The van der Waals surface area contributed by atoms with Gasteiger partial charge in [-0.05, 0) is 39.7 Å². The monoisotopic (exact) mass is 278 g/mol. The van der Waals surface area contributed by atoms with Crippen LogP contribution < -0.4 is 0 Å². The summed E-state index contributed by atoms with van der Waals surface area (Å²) in [4.78, 5) is 0. The summed E-state index contributed by atoms with van der Waals surface area (Å²) < 4.78 is 17.2. The van der Waals surface area contributed by atoms with E-state index in [1.165, 1.54) is 11.1 Å². The molecule has 2 aliphatic rings. The average Bonchev–Trinajstić information content (AvgIpc) is 2.99. The lowest BCUT2D eigenvalue weighted by atomic mass is 9.95. The van der Waals surface area contributed by atoms with E-state index < -0.39 is 5.79 Å². The molecule has 1 spiro atoms. The van der Waals surface area contributed by atoms with E-state index in [4.69, 9.17) is 14.2 Å². The van der Waals surface area contributed by atoms with Gasteiger partial charge >= 0.3 is 0 Å². The fourth-order valence-corrected chi connectivity index (χ4v) is 2.84. The summed E-state index contributed by atoms with van der Waals surface area (Å²) in [7, 11) is 1.74. The highest BCUT2D eigenvalue weighted by atomic mass is 16.7. The van der Waals surface area contributed by atoms with E-state index in [0.717, 1.165) is 12.8 Å².